The number of hydrogen-bond acceptors (Lipinski definition) is 4. The summed E-state index contributed by atoms with van der Waals surface area (Å²) >= 11 is 0. The Morgan fingerprint density at radius 2 is 2.23 bits per heavy atom. The summed E-state index contributed by atoms with van der Waals surface area (Å²) in [4.78, 5) is 10.2. The van der Waals surface area contributed by atoms with Crippen molar-refractivity contribution in [2.45, 2.75) is 13.8 Å². The van der Waals surface area contributed by atoms with Crippen LogP contribution in [0, 0.1) is 6.92 Å². The zero-order valence-electron chi connectivity index (χ0n) is 8.06. The van der Waals surface area contributed by atoms with Crippen LogP contribution in [0.2, 0.25) is 0 Å². The average Bonchev–Trinajstić information content (AvgIpc) is 2.14. The first kappa shape index (κ1) is 9.92. The van der Waals surface area contributed by atoms with Gasteiger partial charge in [0.2, 0.25) is 0 Å². The third-order valence-electron chi connectivity index (χ3n) is 1.86. The van der Waals surface area contributed by atoms with E-state index in [2.05, 4.69) is 9.97 Å². The van der Waals surface area contributed by atoms with Crippen molar-refractivity contribution in [2.24, 2.45) is 0 Å². The Kier molecular flexibility index (Phi) is 3.64. The van der Waals surface area contributed by atoms with Crippen molar-refractivity contribution in [3.8, 4) is 0 Å². The van der Waals surface area contributed by atoms with Gasteiger partial charge in [0.25, 0.3) is 0 Å². The first-order valence-electron chi connectivity index (χ1n) is 4.42. The van der Waals surface area contributed by atoms with E-state index < -0.39 is 0 Å². The van der Waals surface area contributed by atoms with E-state index >= 15 is 0 Å². The fourth-order valence-corrected chi connectivity index (χ4v) is 1.17. The van der Waals surface area contributed by atoms with Gasteiger partial charge >= 0.3 is 0 Å². The molecule has 1 heterocycles. The minimum absolute atomic E-state index is 0.150. The molecule has 0 aliphatic carbocycles. The van der Waals surface area contributed by atoms with E-state index in [0.717, 1.165) is 18.1 Å². The lowest BCUT2D eigenvalue weighted by Gasteiger charge is -2.20. The monoisotopic (exact) mass is 181 g/mol. The van der Waals surface area contributed by atoms with Crippen molar-refractivity contribution in [3.05, 3.63) is 18.1 Å². The number of aliphatic hydroxyl groups is 1. The Balaban J connectivity index is 2.78. The summed E-state index contributed by atoms with van der Waals surface area (Å²) in [6.07, 6.45) is 1.55. The van der Waals surface area contributed by atoms with Gasteiger partial charge in [0.1, 0.15) is 12.1 Å². The van der Waals surface area contributed by atoms with Crippen LogP contribution in [0.3, 0.4) is 0 Å². The topological polar surface area (TPSA) is 49.2 Å². The van der Waals surface area contributed by atoms with Crippen molar-refractivity contribution in [2.75, 3.05) is 24.6 Å². The summed E-state index contributed by atoms with van der Waals surface area (Å²) in [7, 11) is 0. The van der Waals surface area contributed by atoms with Crippen LogP contribution in [0.15, 0.2) is 12.4 Å². The second-order valence-corrected chi connectivity index (χ2v) is 2.82. The number of aliphatic hydroxyl groups excluding tert-OH is 1. The quantitative estimate of drug-likeness (QED) is 0.739. The van der Waals surface area contributed by atoms with Gasteiger partial charge in [0.15, 0.2) is 0 Å². The highest BCUT2D eigenvalue weighted by Crippen LogP contribution is 2.09. The molecule has 0 amide bonds. The van der Waals surface area contributed by atoms with Crippen molar-refractivity contribution in [3.63, 3.8) is 0 Å². The largest absolute Gasteiger partial charge is 0.395 e. The molecule has 1 rings (SSSR count). The first-order chi connectivity index (χ1) is 6.27. The molecule has 0 aromatic carbocycles. The Bertz CT molecular complexity index is 265. The fraction of sp³-hybridized carbons (Fsp3) is 0.556. The Labute approximate surface area is 78.2 Å². The maximum absolute atomic E-state index is 8.81. The maximum Gasteiger partial charge on any atom is 0.132 e. The number of aryl methyl sites for hydroxylation is 1. The van der Waals surface area contributed by atoms with Crippen molar-refractivity contribution in [1.82, 2.24) is 9.97 Å². The Hall–Kier alpha value is -1.16. The number of rotatable bonds is 4. The standard InChI is InChI=1S/C9H15N3O/c1-3-12(4-5-13)9-6-8(2)10-7-11-9/h6-7,13H,3-5H2,1-2H3. The summed E-state index contributed by atoms with van der Waals surface area (Å²) in [5, 5.41) is 8.81. The summed E-state index contributed by atoms with van der Waals surface area (Å²) < 4.78 is 0. The molecule has 4 heteroatoms. The van der Waals surface area contributed by atoms with Gasteiger partial charge < -0.3 is 10.0 Å². The molecule has 1 aromatic heterocycles. The number of aromatic nitrogens is 2. The van der Waals surface area contributed by atoms with Crippen molar-refractivity contribution >= 4 is 5.82 Å². The highest BCUT2D eigenvalue weighted by molar-refractivity contribution is 5.38. The SMILES string of the molecule is CCN(CCO)c1cc(C)ncn1. The van der Waals surface area contributed by atoms with Gasteiger partial charge in [0, 0.05) is 24.8 Å². The summed E-state index contributed by atoms with van der Waals surface area (Å²) in [5.41, 5.74) is 0.946. The van der Waals surface area contributed by atoms with E-state index in [1.165, 1.54) is 0 Å². The second kappa shape index (κ2) is 4.77. The lowest BCUT2D eigenvalue weighted by atomic mass is 10.4. The number of likely N-dealkylation sites (N-methyl/N-ethyl adjacent to an activating group) is 1. The molecule has 0 bridgehead atoms. The normalized spacial score (nSPS) is 10.1. The second-order valence-electron chi connectivity index (χ2n) is 2.82. The minimum atomic E-state index is 0.150. The molecule has 0 spiro atoms. The Morgan fingerprint density at radius 3 is 2.77 bits per heavy atom. The van der Waals surface area contributed by atoms with Gasteiger partial charge in [-0.3, -0.25) is 0 Å². The lowest BCUT2D eigenvalue weighted by Crippen LogP contribution is -2.27. The van der Waals surface area contributed by atoms with Gasteiger partial charge in [-0.15, -0.1) is 0 Å². The third kappa shape index (κ3) is 2.66. The van der Waals surface area contributed by atoms with E-state index in [-0.39, 0.29) is 6.61 Å². The van der Waals surface area contributed by atoms with Gasteiger partial charge in [-0.1, -0.05) is 0 Å². The summed E-state index contributed by atoms with van der Waals surface area (Å²) in [6.45, 7) is 5.58. The van der Waals surface area contributed by atoms with Crippen LogP contribution in [0.1, 0.15) is 12.6 Å². The minimum Gasteiger partial charge on any atom is -0.395 e. The predicted molar refractivity (Wildman–Crippen MR) is 51.7 cm³/mol. The Morgan fingerprint density at radius 1 is 1.46 bits per heavy atom. The third-order valence-corrected chi connectivity index (χ3v) is 1.86. The van der Waals surface area contributed by atoms with Crippen LogP contribution in [0.4, 0.5) is 5.82 Å². The average molecular weight is 181 g/mol. The molecule has 1 N–H and O–H groups in total. The molecule has 13 heavy (non-hydrogen) atoms. The van der Waals surface area contributed by atoms with Gasteiger partial charge in [-0.25, -0.2) is 9.97 Å². The van der Waals surface area contributed by atoms with Crippen LogP contribution in [0.25, 0.3) is 0 Å². The predicted octanol–water partition coefficient (Wildman–Crippen LogP) is 0.604. The van der Waals surface area contributed by atoms with E-state index in [1.807, 2.05) is 24.8 Å². The molecule has 0 saturated heterocycles. The van der Waals surface area contributed by atoms with Gasteiger partial charge in [-0.2, -0.15) is 0 Å². The zero-order chi connectivity index (χ0) is 9.68. The molecule has 0 aliphatic rings. The summed E-state index contributed by atoms with van der Waals surface area (Å²) in [5.74, 6) is 0.879. The van der Waals surface area contributed by atoms with Crippen LogP contribution in [-0.2, 0) is 0 Å². The zero-order valence-corrected chi connectivity index (χ0v) is 8.06. The molecular weight excluding hydrogens is 166 g/mol. The molecule has 1 aromatic rings. The van der Waals surface area contributed by atoms with Crippen molar-refractivity contribution < 1.29 is 5.11 Å². The molecule has 72 valence electrons. The van der Waals surface area contributed by atoms with Crippen LogP contribution >= 0.6 is 0 Å². The first-order valence-corrected chi connectivity index (χ1v) is 4.42. The fourth-order valence-electron chi connectivity index (χ4n) is 1.17. The van der Waals surface area contributed by atoms with E-state index in [1.54, 1.807) is 6.33 Å². The van der Waals surface area contributed by atoms with Crippen LogP contribution in [-0.4, -0.2) is 34.8 Å². The van der Waals surface area contributed by atoms with Crippen LogP contribution < -0.4 is 4.90 Å². The highest BCUT2D eigenvalue weighted by Gasteiger charge is 2.04. The molecule has 0 saturated carbocycles. The number of anilines is 1. The molecule has 4 nitrogen and oxygen atoms in total. The van der Waals surface area contributed by atoms with E-state index in [9.17, 15) is 0 Å². The summed E-state index contributed by atoms with van der Waals surface area (Å²) in [6, 6.07) is 1.92. The van der Waals surface area contributed by atoms with E-state index in [0.29, 0.717) is 6.54 Å². The van der Waals surface area contributed by atoms with Crippen molar-refractivity contribution in [1.29, 1.82) is 0 Å². The molecule has 0 fully saturated rings. The highest BCUT2D eigenvalue weighted by atomic mass is 16.3. The maximum atomic E-state index is 8.81. The molecule has 0 unspecified atom stereocenters. The molecular formula is C9H15N3O. The smallest absolute Gasteiger partial charge is 0.132 e. The number of hydrogen-bond donors (Lipinski definition) is 1. The van der Waals surface area contributed by atoms with E-state index in [4.69, 9.17) is 5.11 Å². The molecule has 0 radical (unpaired) electrons. The number of nitrogens with zero attached hydrogens (tertiary/aromatic N) is 3. The van der Waals surface area contributed by atoms with Gasteiger partial charge in [-0.05, 0) is 13.8 Å². The molecule has 0 atom stereocenters. The lowest BCUT2D eigenvalue weighted by molar-refractivity contribution is 0.302. The van der Waals surface area contributed by atoms with Crippen LogP contribution in [0.5, 0.6) is 0 Å². The molecule has 0 aliphatic heterocycles. The van der Waals surface area contributed by atoms with Gasteiger partial charge in [0.05, 0.1) is 6.61 Å².